The van der Waals surface area contributed by atoms with E-state index in [2.05, 4.69) is 0 Å². The van der Waals surface area contributed by atoms with Crippen LogP contribution in [0.2, 0.25) is 0 Å². The fraction of sp³-hybridized carbons (Fsp3) is 0.667. The molecular weight excluding hydrogens is 107 g/mol. The van der Waals surface area contributed by atoms with Gasteiger partial charge in [0.25, 0.3) is 0 Å². The number of rotatable bonds is 1. The smallest absolute Gasteiger partial charge is 0.119 e. The zero-order valence-corrected chi connectivity index (χ0v) is 4.25. The minimum absolute atomic E-state index is 0. The first-order chi connectivity index (χ1) is 1.91. The molecule has 0 aliphatic carbocycles. The average Bonchev–Trinajstić information content (AvgIpc) is 1.37. The number of carbonyl (C=O) groups excluding carboxylic acids is 1. The topological polar surface area (TPSA) is 17.1 Å². The summed E-state index contributed by atoms with van der Waals surface area (Å²) in [5.74, 6) is 0. The van der Waals surface area contributed by atoms with E-state index in [-0.39, 0.29) is 17.1 Å². The van der Waals surface area contributed by atoms with Gasteiger partial charge in [-0.1, -0.05) is 6.92 Å². The van der Waals surface area contributed by atoms with Crippen molar-refractivity contribution in [1.29, 1.82) is 0 Å². The Morgan fingerprint density at radius 3 is 2.00 bits per heavy atom. The first kappa shape index (κ1) is 8.95. The van der Waals surface area contributed by atoms with Crippen LogP contribution < -0.4 is 0 Å². The second-order valence-electron chi connectivity index (χ2n) is 0.575. The molecule has 0 aliphatic heterocycles. The van der Waals surface area contributed by atoms with Gasteiger partial charge in [0, 0.05) is 23.5 Å². The minimum Gasteiger partial charge on any atom is -0.303 e. The summed E-state index contributed by atoms with van der Waals surface area (Å²) in [6, 6.07) is 0. The van der Waals surface area contributed by atoms with E-state index < -0.39 is 0 Å². The molecule has 2 heteroatoms. The van der Waals surface area contributed by atoms with E-state index in [9.17, 15) is 4.79 Å². The fourth-order valence-electron chi connectivity index (χ4n) is 0. The van der Waals surface area contributed by atoms with E-state index in [1.54, 1.807) is 0 Å². The van der Waals surface area contributed by atoms with E-state index in [1.165, 1.54) is 0 Å². The molecule has 0 saturated heterocycles. The Labute approximate surface area is 42.2 Å². The van der Waals surface area contributed by atoms with Crippen molar-refractivity contribution in [2.24, 2.45) is 0 Å². The van der Waals surface area contributed by atoms with Crippen LogP contribution in [0.1, 0.15) is 13.3 Å². The van der Waals surface area contributed by atoms with E-state index in [0.717, 1.165) is 6.29 Å². The van der Waals surface area contributed by atoms with Gasteiger partial charge in [0.1, 0.15) is 6.29 Å². The van der Waals surface area contributed by atoms with Crippen LogP contribution in [-0.2, 0) is 21.9 Å². The summed E-state index contributed by atoms with van der Waals surface area (Å²) < 4.78 is 0. The zero-order chi connectivity index (χ0) is 3.41. The molecule has 0 aromatic rings. The summed E-state index contributed by atoms with van der Waals surface area (Å²) in [5, 5.41) is 0. The quantitative estimate of drug-likeness (QED) is 0.359. The SMILES string of the molecule is CCC=O.[Mn]. The molecule has 0 spiro atoms. The Balaban J connectivity index is 0. The van der Waals surface area contributed by atoms with Gasteiger partial charge in [-0.2, -0.15) is 0 Å². The summed E-state index contributed by atoms with van der Waals surface area (Å²) in [5.41, 5.74) is 0. The van der Waals surface area contributed by atoms with E-state index in [1.807, 2.05) is 6.92 Å². The van der Waals surface area contributed by atoms with Crippen LogP contribution in [0.5, 0.6) is 0 Å². The van der Waals surface area contributed by atoms with E-state index in [4.69, 9.17) is 0 Å². The molecular formula is C3H6MnO. The maximum Gasteiger partial charge on any atom is 0.119 e. The van der Waals surface area contributed by atoms with Crippen molar-refractivity contribution in [3.63, 3.8) is 0 Å². The van der Waals surface area contributed by atoms with Gasteiger partial charge >= 0.3 is 0 Å². The van der Waals surface area contributed by atoms with Crippen LogP contribution in [0.15, 0.2) is 0 Å². The Bertz CT molecular complexity index is 20.9. The van der Waals surface area contributed by atoms with Crippen LogP contribution in [0.25, 0.3) is 0 Å². The molecule has 0 amide bonds. The molecule has 1 nitrogen and oxygen atoms in total. The summed E-state index contributed by atoms with van der Waals surface area (Å²) in [7, 11) is 0. The van der Waals surface area contributed by atoms with Crippen molar-refractivity contribution in [3.8, 4) is 0 Å². The van der Waals surface area contributed by atoms with Gasteiger partial charge < -0.3 is 4.79 Å². The molecule has 0 fully saturated rings. The van der Waals surface area contributed by atoms with Crippen molar-refractivity contribution in [2.45, 2.75) is 13.3 Å². The van der Waals surface area contributed by atoms with Gasteiger partial charge in [-0.25, -0.2) is 0 Å². The molecule has 1 radical (unpaired) electrons. The van der Waals surface area contributed by atoms with Gasteiger partial charge in [0.05, 0.1) is 0 Å². The molecule has 31 valence electrons. The van der Waals surface area contributed by atoms with Crippen molar-refractivity contribution >= 4 is 6.29 Å². The number of hydrogen-bond donors (Lipinski definition) is 0. The number of aldehydes is 1. The van der Waals surface area contributed by atoms with Gasteiger partial charge in [-0.15, -0.1) is 0 Å². The molecule has 0 N–H and O–H groups in total. The van der Waals surface area contributed by atoms with E-state index in [0.29, 0.717) is 6.42 Å². The van der Waals surface area contributed by atoms with Crippen molar-refractivity contribution < 1.29 is 21.9 Å². The molecule has 0 aliphatic rings. The fourth-order valence-corrected chi connectivity index (χ4v) is 0. The molecule has 0 saturated carbocycles. The zero-order valence-electron chi connectivity index (χ0n) is 3.07. The largest absolute Gasteiger partial charge is 0.303 e. The van der Waals surface area contributed by atoms with Crippen LogP contribution >= 0.6 is 0 Å². The second kappa shape index (κ2) is 8.89. The van der Waals surface area contributed by atoms with Crippen molar-refractivity contribution in [1.82, 2.24) is 0 Å². The van der Waals surface area contributed by atoms with Crippen molar-refractivity contribution in [3.05, 3.63) is 0 Å². The molecule has 0 rings (SSSR count). The molecule has 0 atom stereocenters. The average molecular weight is 113 g/mol. The maximum atomic E-state index is 9.17. The van der Waals surface area contributed by atoms with Gasteiger partial charge in [-0.3, -0.25) is 0 Å². The summed E-state index contributed by atoms with van der Waals surface area (Å²) in [4.78, 5) is 9.17. The molecule has 0 aromatic carbocycles. The summed E-state index contributed by atoms with van der Waals surface area (Å²) in [6.45, 7) is 1.81. The molecule has 0 unspecified atom stereocenters. The maximum absolute atomic E-state index is 9.17. The third-order valence-electron chi connectivity index (χ3n) is 0.167. The third kappa shape index (κ3) is 14.2. The first-order valence-electron chi connectivity index (χ1n) is 1.35. The Morgan fingerprint density at radius 1 is 1.80 bits per heavy atom. The Kier molecular flexibility index (Phi) is 15.9. The van der Waals surface area contributed by atoms with Crippen LogP contribution in [0, 0.1) is 0 Å². The van der Waals surface area contributed by atoms with Crippen LogP contribution in [0.4, 0.5) is 0 Å². The van der Waals surface area contributed by atoms with Crippen LogP contribution in [-0.4, -0.2) is 6.29 Å². The minimum atomic E-state index is 0. The van der Waals surface area contributed by atoms with Gasteiger partial charge in [0.15, 0.2) is 0 Å². The standard InChI is InChI=1S/C3H6O.Mn/c1-2-3-4;/h3H,2H2,1H3;. The van der Waals surface area contributed by atoms with Crippen LogP contribution in [0.3, 0.4) is 0 Å². The number of hydrogen-bond acceptors (Lipinski definition) is 1. The normalized spacial score (nSPS) is 5.00. The Morgan fingerprint density at radius 2 is 2.00 bits per heavy atom. The van der Waals surface area contributed by atoms with E-state index >= 15 is 0 Å². The molecule has 0 heterocycles. The first-order valence-corrected chi connectivity index (χ1v) is 1.35. The second-order valence-corrected chi connectivity index (χ2v) is 0.575. The monoisotopic (exact) mass is 113 g/mol. The molecule has 0 aromatic heterocycles. The predicted molar refractivity (Wildman–Crippen MR) is 16.4 cm³/mol. The number of carbonyl (C=O) groups is 1. The van der Waals surface area contributed by atoms with Crippen molar-refractivity contribution in [2.75, 3.05) is 0 Å². The van der Waals surface area contributed by atoms with Gasteiger partial charge in [0.2, 0.25) is 0 Å². The predicted octanol–water partition coefficient (Wildman–Crippen LogP) is 0.593. The molecule has 0 bridgehead atoms. The summed E-state index contributed by atoms with van der Waals surface area (Å²) in [6.07, 6.45) is 1.51. The Hall–Kier alpha value is 0.189. The third-order valence-corrected chi connectivity index (χ3v) is 0.167. The van der Waals surface area contributed by atoms with Gasteiger partial charge in [-0.05, 0) is 0 Å². The summed E-state index contributed by atoms with van der Waals surface area (Å²) >= 11 is 0. The molecule has 5 heavy (non-hydrogen) atoms.